The van der Waals surface area contributed by atoms with E-state index in [0.29, 0.717) is 17.5 Å². The minimum atomic E-state index is -0.786. The lowest BCUT2D eigenvalue weighted by Gasteiger charge is -2.04. The molecule has 0 aromatic carbocycles. The molecule has 1 heterocycles. The highest BCUT2D eigenvalue weighted by Gasteiger charge is 1.95. The van der Waals surface area contributed by atoms with Gasteiger partial charge in [0, 0.05) is 0 Å². The molecule has 1 amide bonds. The summed E-state index contributed by atoms with van der Waals surface area (Å²) in [5, 5.41) is 3.32. The highest BCUT2D eigenvalue weighted by Crippen LogP contribution is 2.08. The van der Waals surface area contributed by atoms with Gasteiger partial charge in [0.25, 0.3) is 0 Å². The lowest BCUT2D eigenvalue weighted by atomic mass is 10.4. The average Bonchev–Trinajstić information content (AvgIpc) is 2.12. The summed E-state index contributed by atoms with van der Waals surface area (Å²) in [7, 11) is 0. The van der Waals surface area contributed by atoms with Crippen LogP contribution in [0.2, 0.25) is 5.15 Å². The number of amides is 1. The van der Waals surface area contributed by atoms with E-state index in [2.05, 4.69) is 15.0 Å². The molecule has 0 radical (unpaired) electrons. The number of hydrogen-bond donors (Lipinski definition) is 2. The van der Waals surface area contributed by atoms with Crippen LogP contribution < -0.4 is 11.1 Å². The second kappa shape index (κ2) is 5.29. The Hall–Kier alpha value is -1.49. The Labute approximate surface area is 86.2 Å². The van der Waals surface area contributed by atoms with Crippen LogP contribution >= 0.6 is 11.6 Å². The number of rotatable bonds is 4. The number of anilines is 1. The fourth-order valence-electron chi connectivity index (χ4n) is 0.837. The van der Waals surface area contributed by atoms with Crippen LogP contribution in [0.5, 0.6) is 0 Å². The largest absolute Gasteiger partial charge is 0.448 e. The minimum absolute atomic E-state index is 0.198. The van der Waals surface area contributed by atoms with Crippen LogP contribution in [-0.4, -0.2) is 24.2 Å². The number of aromatic nitrogens is 1. The predicted molar refractivity (Wildman–Crippen MR) is 53.3 cm³/mol. The molecule has 1 aromatic rings. The Morgan fingerprint density at radius 1 is 1.64 bits per heavy atom. The van der Waals surface area contributed by atoms with Crippen molar-refractivity contribution in [2.75, 3.05) is 18.5 Å². The molecule has 6 heteroatoms. The van der Waals surface area contributed by atoms with Gasteiger partial charge < -0.3 is 15.8 Å². The van der Waals surface area contributed by atoms with Crippen LogP contribution in [0.4, 0.5) is 10.6 Å². The van der Waals surface area contributed by atoms with E-state index in [9.17, 15) is 4.79 Å². The summed E-state index contributed by atoms with van der Waals surface area (Å²) in [6.07, 6.45) is -0.786. The third-order valence-electron chi connectivity index (χ3n) is 1.37. The van der Waals surface area contributed by atoms with Crippen LogP contribution in [0.3, 0.4) is 0 Å². The minimum Gasteiger partial charge on any atom is -0.448 e. The fraction of sp³-hybridized carbons (Fsp3) is 0.250. The van der Waals surface area contributed by atoms with Crippen molar-refractivity contribution < 1.29 is 9.53 Å². The number of hydrogen-bond acceptors (Lipinski definition) is 4. The summed E-state index contributed by atoms with van der Waals surface area (Å²) >= 11 is 5.65. The van der Waals surface area contributed by atoms with Crippen molar-refractivity contribution in [3.05, 3.63) is 23.4 Å². The first kappa shape index (κ1) is 10.6. The summed E-state index contributed by atoms with van der Waals surface area (Å²) in [6.45, 7) is 0.639. The molecule has 3 N–H and O–H groups in total. The van der Waals surface area contributed by atoms with Gasteiger partial charge in [0.05, 0.1) is 6.54 Å². The van der Waals surface area contributed by atoms with Crippen LogP contribution in [-0.2, 0) is 4.74 Å². The van der Waals surface area contributed by atoms with Crippen molar-refractivity contribution in [3.8, 4) is 0 Å². The molecule has 0 saturated heterocycles. The third kappa shape index (κ3) is 3.95. The molecule has 0 unspecified atom stereocenters. The molecule has 1 rings (SSSR count). The monoisotopic (exact) mass is 215 g/mol. The lowest BCUT2D eigenvalue weighted by molar-refractivity contribution is 0.161. The van der Waals surface area contributed by atoms with Gasteiger partial charge in [0.1, 0.15) is 17.6 Å². The van der Waals surface area contributed by atoms with Crippen LogP contribution in [0, 0.1) is 0 Å². The molecule has 0 aliphatic heterocycles. The van der Waals surface area contributed by atoms with E-state index in [1.807, 2.05) is 0 Å². The number of pyridine rings is 1. The summed E-state index contributed by atoms with van der Waals surface area (Å²) in [6, 6.07) is 5.20. The smallest absolute Gasteiger partial charge is 0.404 e. The van der Waals surface area contributed by atoms with Crippen LogP contribution in [0.25, 0.3) is 0 Å². The second-order valence-electron chi connectivity index (χ2n) is 2.44. The standard InChI is InChI=1S/C8H10ClN3O2/c9-6-2-1-3-7(12-6)11-4-5-14-8(10)13/h1-3H,4-5H2,(H2,10,13)(H,11,12). The first-order valence-electron chi connectivity index (χ1n) is 3.97. The molecule has 14 heavy (non-hydrogen) atoms. The summed E-state index contributed by atoms with van der Waals surface area (Å²) < 4.78 is 4.51. The van der Waals surface area contributed by atoms with Gasteiger partial charge in [0.2, 0.25) is 0 Å². The molecule has 0 spiro atoms. The highest BCUT2D eigenvalue weighted by atomic mass is 35.5. The Morgan fingerprint density at radius 2 is 2.43 bits per heavy atom. The summed E-state index contributed by atoms with van der Waals surface area (Å²) in [4.78, 5) is 14.2. The van der Waals surface area contributed by atoms with E-state index in [-0.39, 0.29) is 6.61 Å². The number of nitrogens with zero attached hydrogens (tertiary/aromatic N) is 1. The predicted octanol–water partition coefficient (Wildman–Crippen LogP) is 1.24. The number of nitrogens with one attached hydrogen (secondary N) is 1. The summed E-state index contributed by atoms with van der Waals surface area (Å²) in [5.41, 5.74) is 4.77. The van der Waals surface area contributed by atoms with Gasteiger partial charge in [-0.3, -0.25) is 0 Å². The molecule has 1 aromatic heterocycles. The van der Waals surface area contributed by atoms with Crippen molar-refractivity contribution in [1.82, 2.24) is 4.98 Å². The van der Waals surface area contributed by atoms with Crippen molar-refractivity contribution >= 4 is 23.5 Å². The van der Waals surface area contributed by atoms with Gasteiger partial charge in [0.15, 0.2) is 0 Å². The van der Waals surface area contributed by atoms with Crippen molar-refractivity contribution in [2.24, 2.45) is 5.73 Å². The van der Waals surface area contributed by atoms with E-state index < -0.39 is 6.09 Å². The second-order valence-corrected chi connectivity index (χ2v) is 2.83. The first-order chi connectivity index (χ1) is 6.68. The molecule has 0 fully saturated rings. The van der Waals surface area contributed by atoms with Gasteiger partial charge in [-0.25, -0.2) is 9.78 Å². The maximum absolute atomic E-state index is 10.2. The zero-order chi connectivity index (χ0) is 10.4. The molecular formula is C8H10ClN3O2. The van der Waals surface area contributed by atoms with Gasteiger partial charge >= 0.3 is 6.09 Å². The topological polar surface area (TPSA) is 77.2 Å². The maximum Gasteiger partial charge on any atom is 0.404 e. The third-order valence-corrected chi connectivity index (χ3v) is 1.58. The van der Waals surface area contributed by atoms with Crippen LogP contribution in [0.1, 0.15) is 0 Å². The van der Waals surface area contributed by atoms with Crippen molar-refractivity contribution in [1.29, 1.82) is 0 Å². The first-order valence-corrected chi connectivity index (χ1v) is 4.35. The molecule has 0 bridgehead atoms. The molecule has 76 valence electrons. The Bertz CT molecular complexity index is 319. The highest BCUT2D eigenvalue weighted by molar-refractivity contribution is 6.29. The summed E-state index contributed by atoms with van der Waals surface area (Å²) in [5.74, 6) is 0.630. The zero-order valence-corrected chi connectivity index (χ0v) is 8.12. The maximum atomic E-state index is 10.2. The van der Waals surface area contributed by atoms with Gasteiger partial charge in [-0.15, -0.1) is 0 Å². The van der Waals surface area contributed by atoms with Gasteiger partial charge in [-0.2, -0.15) is 0 Å². The quantitative estimate of drug-likeness (QED) is 0.585. The average molecular weight is 216 g/mol. The molecule has 0 atom stereocenters. The Balaban J connectivity index is 2.28. The van der Waals surface area contributed by atoms with Gasteiger partial charge in [-0.05, 0) is 12.1 Å². The van der Waals surface area contributed by atoms with Crippen LogP contribution in [0.15, 0.2) is 18.2 Å². The van der Waals surface area contributed by atoms with Gasteiger partial charge in [-0.1, -0.05) is 17.7 Å². The number of nitrogens with two attached hydrogens (primary N) is 1. The van der Waals surface area contributed by atoms with Crippen molar-refractivity contribution in [2.45, 2.75) is 0 Å². The number of ether oxygens (including phenoxy) is 1. The van der Waals surface area contributed by atoms with E-state index in [1.54, 1.807) is 18.2 Å². The van der Waals surface area contributed by atoms with Crippen molar-refractivity contribution in [3.63, 3.8) is 0 Å². The van der Waals surface area contributed by atoms with E-state index >= 15 is 0 Å². The fourth-order valence-corrected chi connectivity index (χ4v) is 1.00. The number of primary amides is 1. The number of carbonyl (C=O) groups is 1. The molecular weight excluding hydrogens is 206 g/mol. The lowest BCUT2D eigenvalue weighted by Crippen LogP contribution is -2.18. The molecule has 0 aliphatic rings. The normalized spacial score (nSPS) is 9.50. The number of carbonyl (C=O) groups excluding carboxylic acids is 1. The Morgan fingerprint density at radius 3 is 3.07 bits per heavy atom. The van der Waals surface area contributed by atoms with E-state index in [4.69, 9.17) is 17.3 Å². The molecule has 0 saturated carbocycles. The molecule has 0 aliphatic carbocycles. The SMILES string of the molecule is NC(=O)OCCNc1cccc(Cl)n1. The number of halogens is 1. The Kier molecular flexibility index (Phi) is 4.00. The zero-order valence-electron chi connectivity index (χ0n) is 7.37. The van der Waals surface area contributed by atoms with E-state index in [1.165, 1.54) is 0 Å². The van der Waals surface area contributed by atoms with E-state index in [0.717, 1.165) is 0 Å². The molecule has 5 nitrogen and oxygen atoms in total.